The standard InChI is InChI=1S/C27H32N4O2/c1-19-20(2)28-24-11-10-22(17-23(19)24)26(32)30-15-13-29(14-16-30)25-9-6-12-31(27(25)33)18-21-7-4-3-5-8-21/h3-5,7-8,10-11,17,25,28H,6,9,12-16,18H2,1-2H3. The predicted octanol–water partition coefficient (Wildman–Crippen LogP) is 3.73. The smallest absolute Gasteiger partial charge is 0.253 e. The summed E-state index contributed by atoms with van der Waals surface area (Å²) >= 11 is 0. The van der Waals surface area contributed by atoms with E-state index in [2.05, 4.69) is 35.9 Å². The number of rotatable bonds is 4. The molecule has 0 aliphatic carbocycles. The Balaban J connectivity index is 1.22. The van der Waals surface area contributed by atoms with Gasteiger partial charge in [0.25, 0.3) is 5.91 Å². The van der Waals surface area contributed by atoms with E-state index in [0.29, 0.717) is 19.6 Å². The van der Waals surface area contributed by atoms with Crippen molar-refractivity contribution >= 4 is 22.7 Å². The molecule has 1 N–H and O–H groups in total. The van der Waals surface area contributed by atoms with Crippen molar-refractivity contribution in [3.8, 4) is 0 Å². The van der Waals surface area contributed by atoms with Crippen LogP contribution in [0.25, 0.3) is 10.9 Å². The van der Waals surface area contributed by atoms with Gasteiger partial charge >= 0.3 is 0 Å². The SMILES string of the molecule is Cc1[nH]c2ccc(C(=O)N3CCN(C4CCCN(Cc5ccccc5)C4=O)CC3)cc2c1C. The Kier molecular flexibility index (Phi) is 5.94. The van der Waals surface area contributed by atoms with Crippen molar-refractivity contribution in [2.75, 3.05) is 32.7 Å². The first-order chi connectivity index (χ1) is 16.0. The molecule has 3 heterocycles. The number of aromatic nitrogens is 1. The van der Waals surface area contributed by atoms with E-state index in [4.69, 9.17) is 0 Å². The minimum absolute atomic E-state index is 0.0680. The molecular formula is C27H32N4O2. The summed E-state index contributed by atoms with van der Waals surface area (Å²) in [5.74, 6) is 0.309. The van der Waals surface area contributed by atoms with Crippen LogP contribution in [0.1, 0.15) is 40.0 Å². The van der Waals surface area contributed by atoms with Crippen LogP contribution in [0.2, 0.25) is 0 Å². The van der Waals surface area contributed by atoms with Crippen LogP contribution in [0.3, 0.4) is 0 Å². The van der Waals surface area contributed by atoms with E-state index in [0.717, 1.165) is 54.6 Å². The van der Waals surface area contributed by atoms with E-state index in [9.17, 15) is 9.59 Å². The fraction of sp³-hybridized carbons (Fsp3) is 0.407. The van der Waals surface area contributed by atoms with Gasteiger partial charge in [0.1, 0.15) is 0 Å². The van der Waals surface area contributed by atoms with Gasteiger partial charge in [-0.25, -0.2) is 0 Å². The van der Waals surface area contributed by atoms with Gasteiger partial charge < -0.3 is 14.8 Å². The number of carbonyl (C=O) groups excluding carboxylic acids is 2. The monoisotopic (exact) mass is 444 g/mol. The van der Waals surface area contributed by atoms with Gasteiger partial charge in [-0.15, -0.1) is 0 Å². The number of carbonyl (C=O) groups is 2. The molecule has 5 rings (SSSR count). The number of nitrogens with zero attached hydrogens (tertiary/aromatic N) is 3. The fourth-order valence-electron chi connectivity index (χ4n) is 5.23. The number of benzene rings is 2. The van der Waals surface area contributed by atoms with E-state index < -0.39 is 0 Å². The number of fused-ring (bicyclic) bond motifs is 1. The number of likely N-dealkylation sites (tertiary alicyclic amines) is 1. The highest BCUT2D eigenvalue weighted by molar-refractivity contribution is 5.99. The minimum atomic E-state index is -0.0680. The Morgan fingerprint density at radius 2 is 1.76 bits per heavy atom. The van der Waals surface area contributed by atoms with Crippen LogP contribution in [0.15, 0.2) is 48.5 Å². The third kappa shape index (κ3) is 4.27. The highest BCUT2D eigenvalue weighted by Crippen LogP contribution is 2.24. The van der Waals surface area contributed by atoms with Gasteiger partial charge in [0.05, 0.1) is 6.04 Å². The average Bonchev–Trinajstić information content (AvgIpc) is 3.13. The van der Waals surface area contributed by atoms with Gasteiger partial charge in [0.15, 0.2) is 0 Å². The van der Waals surface area contributed by atoms with Crippen molar-refractivity contribution in [1.29, 1.82) is 0 Å². The van der Waals surface area contributed by atoms with Crippen LogP contribution >= 0.6 is 0 Å². The van der Waals surface area contributed by atoms with Crippen LogP contribution in [-0.4, -0.2) is 70.3 Å². The normalized spacial score (nSPS) is 19.9. The Morgan fingerprint density at radius 3 is 2.52 bits per heavy atom. The zero-order chi connectivity index (χ0) is 22.9. The van der Waals surface area contributed by atoms with Crippen molar-refractivity contribution < 1.29 is 9.59 Å². The van der Waals surface area contributed by atoms with Crippen molar-refractivity contribution in [3.05, 3.63) is 70.9 Å². The van der Waals surface area contributed by atoms with Gasteiger partial charge in [0, 0.05) is 61.4 Å². The minimum Gasteiger partial charge on any atom is -0.358 e. The van der Waals surface area contributed by atoms with E-state index in [1.54, 1.807) is 0 Å². The average molecular weight is 445 g/mol. The first-order valence-electron chi connectivity index (χ1n) is 12.0. The number of hydrogen-bond donors (Lipinski definition) is 1. The van der Waals surface area contributed by atoms with E-state index in [1.807, 2.05) is 46.2 Å². The van der Waals surface area contributed by atoms with Crippen LogP contribution < -0.4 is 0 Å². The third-order valence-electron chi connectivity index (χ3n) is 7.32. The molecule has 1 unspecified atom stereocenters. The molecule has 6 heteroatoms. The molecule has 6 nitrogen and oxygen atoms in total. The second kappa shape index (κ2) is 9.02. The summed E-state index contributed by atoms with van der Waals surface area (Å²) in [6.45, 7) is 8.44. The van der Waals surface area contributed by atoms with E-state index >= 15 is 0 Å². The Morgan fingerprint density at radius 1 is 1.00 bits per heavy atom. The topological polar surface area (TPSA) is 59.7 Å². The van der Waals surface area contributed by atoms with Crippen LogP contribution in [0.5, 0.6) is 0 Å². The van der Waals surface area contributed by atoms with Gasteiger partial charge in [-0.1, -0.05) is 30.3 Å². The molecule has 1 aromatic heterocycles. The first-order valence-corrected chi connectivity index (χ1v) is 12.0. The van der Waals surface area contributed by atoms with Crippen molar-refractivity contribution in [2.24, 2.45) is 0 Å². The molecule has 172 valence electrons. The predicted molar refractivity (Wildman–Crippen MR) is 130 cm³/mol. The number of nitrogens with one attached hydrogen (secondary N) is 1. The number of hydrogen-bond acceptors (Lipinski definition) is 3. The summed E-state index contributed by atoms with van der Waals surface area (Å²) in [6.07, 6.45) is 1.93. The maximum atomic E-state index is 13.2. The lowest BCUT2D eigenvalue weighted by atomic mass is 10.0. The third-order valence-corrected chi connectivity index (χ3v) is 7.32. The van der Waals surface area contributed by atoms with Gasteiger partial charge in [0.2, 0.25) is 5.91 Å². The molecule has 0 radical (unpaired) electrons. The number of H-pyrrole nitrogens is 1. The van der Waals surface area contributed by atoms with Gasteiger partial charge in [-0.2, -0.15) is 0 Å². The number of aryl methyl sites for hydroxylation is 2. The summed E-state index contributed by atoms with van der Waals surface area (Å²) in [4.78, 5) is 36.0. The quantitative estimate of drug-likeness (QED) is 0.667. The lowest BCUT2D eigenvalue weighted by molar-refractivity contribution is -0.141. The van der Waals surface area contributed by atoms with Crippen LogP contribution in [0.4, 0.5) is 0 Å². The molecule has 2 fully saturated rings. The second-order valence-corrected chi connectivity index (χ2v) is 9.37. The van der Waals surface area contributed by atoms with Gasteiger partial charge in [-0.05, 0) is 56.0 Å². The lowest BCUT2D eigenvalue weighted by Crippen LogP contribution is -2.58. The van der Waals surface area contributed by atoms with E-state index in [1.165, 1.54) is 11.1 Å². The number of amides is 2. The number of piperazine rings is 1. The Labute approximate surface area is 195 Å². The highest BCUT2D eigenvalue weighted by Gasteiger charge is 2.35. The van der Waals surface area contributed by atoms with Crippen molar-refractivity contribution in [1.82, 2.24) is 19.7 Å². The van der Waals surface area contributed by atoms with Crippen LogP contribution in [0, 0.1) is 13.8 Å². The van der Waals surface area contributed by atoms with Crippen molar-refractivity contribution in [3.63, 3.8) is 0 Å². The highest BCUT2D eigenvalue weighted by atomic mass is 16.2. The van der Waals surface area contributed by atoms with Crippen molar-refractivity contribution in [2.45, 2.75) is 39.3 Å². The second-order valence-electron chi connectivity index (χ2n) is 9.37. The zero-order valence-electron chi connectivity index (χ0n) is 19.5. The summed E-state index contributed by atoms with van der Waals surface area (Å²) in [7, 11) is 0. The molecule has 0 spiro atoms. The maximum Gasteiger partial charge on any atom is 0.253 e. The number of piperidine rings is 1. The molecule has 2 amide bonds. The molecule has 0 bridgehead atoms. The molecule has 2 aromatic carbocycles. The van der Waals surface area contributed by atoms with Crippen LogP contribution in [-0.2, 0) is 11.3 Å². The Hall–Kier alpha value is -3.12. The van der Waals surface area contributed by atoms with E-state index in [-0.39, 0.29) is 17.9 Å². The molecular weight excluding hydrogens is 412 g/mol. The summed E-state index contributed by atoms with van der Waals surface area (Å²) in [5, 5.41) is 1.11. The molecule has 2 saturated heterocycles. The molecule has 33 heavy (non-hydrogen) atoms. The molecule has 1 atom stereocenters. The molecule has 3 aromatic rings. The number of aromatic amines is 1. The summed E-state index contributed by atoms with van der Waals surface area (Å²) in [6, 6.07) is 16.1. The fourth-order valence-corrected chi connectivity index (χ4v) is 5.23. The maximum absolute atomic E-state index is 13.2. The largest absolute Gasteiger partial charge is 0.358 e. The Bertz CT molecular complexity index is 1160. The lowest BCUT2D eigenvalue weighted by Gasteiger charge is -2.42. The van der Waals surface area contributed by atoms with Gasteiger partial charge in [-0.3, -0.25) is 14.5 Å². The molecule has 2 aliphatic heterocycles. The first kappa shape index (κ1) is 21.7. The zero-order valence-corrected chi connectivity index (χ0v) is 19.5. The summed E-state index contributed by atoms with van der Waals surface area (Å²) < 4.78 is 0. The summed E-state index contributed by atoms with van der Waals surface area (Å²) in [5.41, 5.74) is 5.32. The molecule has 2 aliphatic rings. The molecule has 0 saturated carbocycles.